The first-order chi connectivity index (χ1) is 15.1. The van der Waals surface area contributed by atoms with E-state index in [-0.39, 0.29) is 11.3 Å². The van der Waals surface area contributed by atoms with Gasteiger partial charge in [0.1, 0.15) is 6.04 Å². The molecule has 1 atom stereocenters. The van der Waals surface area contributed by atoms with Gasteiger partial charge < -0.3 is 5.32 Å². The van der Waals surface area contributed by atoms with Gasteiger partial charge in [0.15, 0.2) is 0 Å². The fraction of sp³-hybridized carbons (Fsp3) is 0.240. The van der Waals surface area contributed by atoms with Gasteiger partial charge in [0.2, 0.25) is 15.9 Å². The molecule has 0 unspecified atom stereocenters. The maximum absolute atomic E-state index is 13.3. The number of aryl methyl sites for hydroxylation is 4. The third kappa shape index (κ3) is 5.76. The smallest absolute Gasteiger partial charge is 0.242 e. The highest BCUT2D eigenvalue weighted by molar-refractivity contribution is 7.89. The highest BCUT2D eigenvalue weighted by Gasteiger charge is 2.28. The molecule has 0 radical (unpaired) electrons. The largest absolute Gasteiger partial charge is 0.325 e. The Morgan fingerprint density at radius 1 is 0.906 bits per heavy atom. The molecule has 0 aromatic heterocycles. The zero-order valence-electron chi connectivity index (χ0n) is 18.6. The third-order valence-electron chi connectivity index (χ3n) is 5.21. The van der Waals surface area contributed by atoms with Gasteiger partial charge in [0.05, 0.1) is 4.90 Å². The van der Waals surface area contributed by atoms with E-state index in [1.165, 1.54) is 0 Å². The fourth-order valence-corrected chi connectivity index (χ4v) is 5.60. The number of anilines is 1. The highest BCUT2D eigenvalue weighted by Crippen LogP contribution is 2.23. The zero-order valence-corrected chi connectivity index (χ0v) is 20.1. The van der Waals surface area contributed by atoms with Crippen LogP contribution in [0.4, 0.5) is 5.69 Å². The van der Waals surface area contributed by atoms with Crippen LogP contribution in [0, 0.1) is 27.7 Å². The summed E-state index contributed by atoms with van der Waals surface area (Å²) in [4.78, 5) is 13.4. The van der Waals surface area contributed by atoms with E-state index in [0.717, 1.165) is 16.7 Å². The van der Waals surface area contributed by atoms with Gasteiger partial charge in [-0.1, -0.05) is 65.7 Å². The average molecular weight is 471 g/mol. The topological polar surface area (TPSA) is 75.3 Å². The van der Waals surface area contributed by atoms with Crippen LogP contribution in [0.25, 0.3) is 0 Å². The van der Waals surface area contributed by atoms with Crippen molar-refractivity contribution in [2.75, 3.05) is 5.32 Å². The van der Waals surface area contributed by atoms with E-state index in [1.54, 1.807) is 32.0 Å². The maximum Gasteiger partial charge on any atom is 0.242 e. The van der Waals surface area contributed by atoms with Crippen molar-refractivity contribution in [1.82, 2.24) is 4.72 Å². The SMILES string of the molecule is Cc1cc(C)c(S(=O)(=O)N[C@H](Cc2ccccc2)C(=O)Nc2ccc(C)c(Cl)c2)c(C)c1. The van der Waals surface area contributed by atoms with Gasteiger partial charge in [0.25, 0.3) is 0 Å². The second kappa shape index (κ2) is 9.86. The van der Waals surface area contributed by atoms with Crippen LogP contribution >= 0.6 is 11.6 Å². The summed E-state index contributed by atoms with van der Waals surface area (Å²) in [6.45, 7) is 7.30. The Labute approximate surface area is 194 Å². The lowest BCUT2D eigenvalue weighted by atomic mass is 10.1. The Morgan fingerprint density at radius 2 is 1.53 bits per heavy atom. The van der Waals surface area contributed by atoms with Gasteiger partial charge >= 0.3 is 0 Å². The van der Waals surface area contributed by atoms with Crippen molar-refractivity contribution in [2.24, 2.45) is 0 Å². The fourth-order valence-electron chi connectivity index (χ4n) is 3.77. The number of amides is 1. The van der Waals surface area contributed by atoms with Crippen LogP contribution in [-0.2, 0) is 21.2 Å². The minimum Gasteiger partial charge on any atom is -0.325 e. The van der Waals surface area contributed by atoms with E-state index in [4.69, 9.17) is 11.6 Å². The molecule has 5 nitrogen and oxygen atoms in total. The molecule has 0 aliphatic heterocycles. The lowest BCUT2D eigenvalue weighted by Gasteiger charge is -2.21. The molecule has 2 N–H and O–H groups in total. The summed E-state index contributed by atoms with van der Waals surface area (Å²) in [6, 6.07) is 17.1. The monoisotopic (exact) mass is 470 g/mol. The van der Waals surface area contributed by atoms with Gasteiger partial charge in [-0.15, -0.1) is 0 Å². The quantitative estimate of drug-likeness (QED) is 0.504. The normalized spacial score (nSPS) is 12.4. The predicted molar refractivity (Wildman–Crippen MR) is 130 cm³/mol. The first kappa shape index (κ1) is 24.0. The molecule has 0 aliphatic carbocycles. The standard InChI is InChI=1S/C25H27ClN2O3S/c1-16-12-18(3)24(19(4)13-16)32(30,31)28-23(14-20-8-6-5-7-9-20)25(29)27-21-11-10-17(2)22(26)15-21/h5-13,15,23,28H,14H2,1-4H3,(H,27,29)/t23-/m1/s1. The first-order valence-corrected chi connectivity index (χ1v) is 12.1. The maximum atomic E-state index is 13.3. The second-order valence-corrected chi connectivity index (χ2v) is 10.1. The van der Waals surface area contributed by atoms with Crippen molar-refractivity contribution < 1.29 is 13.2 Å². The molecule has 0 bridgehead atoms. The molecule has 0 saturated carbocycles. The molecule has 3 aromatic carbocycles. The molecule has 0 heterocycles. The van der Waals surface area contributed by atoms with E-state index in [0.29, 0.717) is 21.8 Å². The van der Waals surface area contributed by atoms with E-state index in [2.05, 4.69) is 10.0 Å². The summed E-state index contributed by atoms with van der Waals surface area (Å²) in [5.74, 6) is -0.459. The van der Waals surface area contributed by atoms with Gasteiger partial charge in [-0.2, -0.15) is 4.72 Å². The molecule has 1 amide bonds. The average Bonchev–Trinajstić information content (AvgIpc) is 2.70. The van der Waals surface area contributed by atoms with Crippen LogP contribution in [0.15, 0.2) is 65.6 Å². The van der Waals surface area contributed by atoms with Crippen molar-refractivity contribution in [3.05, 3.63) is 93.5 Å². The molecule has 32 heavy (non-hydrogen) atoms. The van der Waals surface area contributed by atoms with E-state index in [9.17, 15) is 13.2 Å². The van der Waals surface area contributed by atoms with Gasteiger partial charge in [-0.05, 0) is 68.5 Å². The molecular formula is C25H27ClN2O3S. The predicted octanol–water partition coefficient (Wildman–Crippen LogP) is 5.10. The van der Waals surface area contributed by atoms with Crippen LogP contribution in [0.1, 0.15) is 27.8 Å². The molecule has 168 valence electrons. The Morgan fingerprint density at radius 3 is 2.12 bits per heavy atom. The number of nitrogens with one attached hydrogen (secondary N) is 2. The zero-order chi connectivity index (χ0) is 23.5. The van der Waals surface area contributed by atoms with Gasteiger partial charge in [-0.3, -0.25) is 4.79 Å². The number of carbonyl (C=O) groups is 1. The van der Waals surface area contributed by atoms with Crippen molar-refractivity contribution in [2.45, 2.75) is 45.1 Å². The van der Waals surface area contributed by atoms with E-state index >= 15 is 0 Å². The number of halogens is 1. The Kier molecular flexibility index (Phi) is 7.39. The molecule has 7 heteroatoms. The number of hydrogen-bond acceptors (Lipinski definition) is 3. The van der Waals surface area contributed by atoms with E-state index in [1.807, 2.05) is 56.3 Å². The van der Waals surface area contributed by atoms with Crippen molar-refractivity contribution in [1.29, 1.82) is 0 Å². The molecule has 0 aliphatic rings. The highest BCUT2D eigenvalue weighted by atomic mass is 35.5. The molecule has 0 spiro atoms. The summed E-state index contributed by atoms with van der Waals surface area (Å²) in [5.41, 5.74) is 4.49. The number of sulfonamides is 1. The van der Waals surface area contributed by atoms with Crippen LogP contribution in [-0.4, -0.2) is 20.4 Å². The van der Waals surface area contributed by atoms with Crippen LogP contribution < -0.4 is 10.0 Å². The summed E-state index contributed by atoms with van der Waals surface area (Å²) < 4.78 is 29.3. The Bertz CT molecular complexity index is 1220. The van der Waals surface area contributed by atoms with Crippen molar-refractivity contribution >= 4 is 33.2 Å². The molecular weight excluding hydrogens is 444 g/mol. The molecule has 3 aromatic rings. The number of rotatable bonds is 7. The summed E-state index contributed by atoms with van der Waals surface area (Å²) in [6.07, 6.45) is 0.204. The summed E-state index contributed by atoms with van der Waals surface area (Å²) >= 11 is 6.18. The summed E-state index contributed by atoms with van der Waals surface area (Å²) in [5, 5.41) is 3.31. The molecule has 0 saturated heterocycles. The van der Waals surface area contributed by atoms with E-state index < -0.39 is 22.0 Å². The number of benzene rings is 3. The first-order valence-electron chi connectivity index (χ1n) is 10.3. The van der Waals surface area contributed by atoms with Crippen LogP contribution in [0.5, 0.6) is 0 Å². The minimum absolute atomic E-state index is 0.201. The second-order valence-electron chi connectivity index (χ2n) is 8.04. The van der Waals surface area contributed by atoms with Crippen molar-refractivity contribution in [3.63, 3.8) is 0 Å². The lowest BCUT2D eigenvalue weighted by molar-refractivity contribution is -0.117. The lowest BCUT2D eigenvalue weighted by Crippen LogP contribution is -2.45. The van der Waals surface area contributed by atoms with Gasteiger partial charge in [-0.25, -0.2) is 8.42 Å². The third-order valence-corrected chi connectivity index (χ3v) is 7.39. The summed E-state index contributed by atoms with van der Waals surface area (Å²) in [7, 11) is -3.95. The van der Waals surface area contributed by atoms with Gasteiger partial charge in [0, 0.05) is 10.7 Å². The Balaban J connectivity index is 1.93. The van der Waals surface area contributed by atoms with Crippen LogP contribution in [0.3, 0.4) is 0 Å². The molecule has 0 fully saturated rings. The number of hydrogen-bond donors (Lipinski definition) is 2. The number of carbonyl (C=O) groups excluding carboxylic acids is 1. The Hall–Kier alpha value is -2.67. The van der Waals surface area contributed by atoms with Crippen LogP contribution in [0.2, 0.25) is 5.02 Å². The minimum atomic E-state index is -3.95. The molecule has 3 rings (SSSR count). The van der Waals surface area contributed by atoms with Crippen molar-refractivity contribution in [3.8, 4) is 0 Å².